The second-order valence-electron chi connectivity index (χ2n) is 10.0. The highest BCUT2D eigenvalue weighted by molar-refractivity contribution is 7.98. The summed E-state index contributed by atoms with van der Waals surface area (Å²) in [7, 11) is 0. The summed E-state index contributed by atoms with van der Waals surface area (Å²) >= 11 is 1.74. The zero-order valence-corrected chi connectivity index (χ0v) is 21.7. The molecule has 0 aliphatic rings. The van der Waals surface area contributed by atoms with Gasteiger partial charge in [-0.15, -0.1) is 11.8 Å². The number of carbonyl (C=O) groups excluding carboxylic acids is 2. The number of hydrogen-bond donors (Lipinski definition) is 1. The van der Waals surface area contributed by atoms with Gasteiger partial charge in [-0.25, -0.2) is 9.59 Å². The Balaban J connectivity index is 2.05. The zero-order valence-electron chi connectivity index (χ0n) is 20.9. The van der Waals surface area contributed by atoms with E-state index in [0.717, 1.165) is 16.2 Å². The Kier molecular flexibility index (Phi) is 9.41. The summed E-state index contributed by atoms with van der Waals surface area (Å²) in [4.78, 5) is 25.8. The van der Waals surface area contributed by atoms with E-state index in [-0.39, 0.29) is 12.0 Å². The summed E-state index contributed by atoms with van der Waals surface area (Å²) in [6.07, 6.45) is -0.308. The lowest BCUT2D eigenvalue weighted by Crippen LogP contribution is -2.45. The van der Waals surface area contributed by atoms with Crippen LogP contribution in [0.15, 0.2) is 53.4 Å². The van der Waals surface area contributed by atoms with Gasteiger partial charge in [0.05, 0.1) is 6.61 Å². The van der Waals surface area contributed by atoms with Crippen LogP contribution in [0.1, 0.15) is 65.2 Å². The molecule has 0 unspecified atom stereocenters. The molecular weight excluding hydrogens is 434 g/mol. The Hall–Kier alpha value is -2.47. The second kappa shape index (κ2) is 11.6. The van der Waals surface area contributed by atoms with Crippen molar-refractivity contribution in [3.8, 4) is 0 Å². The number of esters is 1. The highest BCUT2D eigenvalue weighted by Crippen LogP contribution is 2.27. The van der Waals surface area contributed by atoms with Crippen LogP contribution in [-0.4, -0.2) is 30.3 Å². The third-order valence-corrected chi connectivity index (χ3v) is 5.89. The molecule has 1 N–H and O–H groups in total. The number of thioether (sulfide) groups is 1. The normalized spacial score (nSPS) is 12.7. The number of amides is 1. The molecule has 2 aromatic carbocycles. The van der Waals surface area contributed by atoms with E-state index < -0.39 is 23.7 Å². The third kappa shape index (κ3) is 9.50. The molecule has 5 nitrogen and oxygen atoms in total. The minimum Gasteiger partial charge on any atom is -0.464 e. The van der Waals surface area contributed by atoms with Crippen molar-refractivity contribution in [2.24, 2.45) is 0 Å². The molecule has 2 aromatic rings. The van der Waals surface area contributed by atoms with Crippen LogP contribution in [-0.2, 0) is 31.9 Å². The van der Waals surface area contributed by atoms with E-state index in [4.69, 9.17) is 9.47 Å². The van der Waals surface area contributed by atoms with Crippen LogP contribution in [0.2, 0.25) is 0 Å². The van der Waals surface area contributed by atoms with Crippen LogP contribution in [0.4, 0.5) is 4.79 Å². The van der Waals surface area contributed by atoms with E-state index >= 15 is 0 Å². The molecule has 1 atom stereocenters. The maximum absolute atomic E-state index is 12.4. The highest BCUT2D eigenvalue weighted by Gasteiger charge is 2.25. The Morgan fingerprint density at radius 1 is 0.970 bits per heavy atom. The molecule has 0 saturated heterocycles. The topological polar surface area (TPSA) is 64.6 Å². The fourth-order valence-corrected chi connectivity index (χ4v) is 4.09. The maximum atomic E-state index is 12.4. The van der Waals surface area contributed by atoms with E-state index in [1.807, 2.05) is 12.1 Å². The van der Waals surface area contributed by atoms with Gasteiger partial charge in [-0.2, -0.15) is 0 Å². The van der Waals surface area contributed by atoms with Gasteiger partial charge < -0.3 is 14.8 Å². The fraction of sp³-hybridized carbons (Fsp3) is 0.481. The van der Waals surface area contributed by atoms with Gasteiger partial charge in [0.25, 0.3) is 0 Å². The van der Waals surface area contributed by atoms with Gasteiger partial charge in [0.1, 0.15) is 11.6 Å². The first-order valence-electron chi connectivity index (χ1n) is 11.3. The van der Waals surface area contributed by atoms with Crippen molar-refractivity contribution in [2.75, 3.05) is 6.61 Å². The van der Waals surface area contributed by atoms with E-state index in [2.05, 4.69) is 62.5 Å². The van der Waals surface area contributed by atoms with Gasteiger partial charge >= 0.3 is 12.1 Å². The van der Waals surface area contributed by atoms with Crippen molar-refractivity contribution < 1.29 is 19.1 Å². The molecule has 6 heteroatoms. The van der Waals surface area contributed by atoms with Gasteiger partial charge in [0.2, 0.25) is 0 Å². The summed E-state index contributed by atoms with van der Waals surface area (Å²) in [6.45, 7) is 14.0. The molecular formula is C27H37NO4S. The molecule has 1 amide bonds. The minimum absolute atomic E-state index is 0.142. The third-order valence-electron chi connectivity index (χ3n) is 4.83. The lowest BCUT2D eigenvalue weighted by atomic mass is 9.87. The summed E-state index contributed by atoms with van der Waals surface area (Å²) in [6, 6.07) is 16.0. The van der Waals surface area contributed by atoms with E-state index in [0.29, 0.717) is 6.42 Å². The van der Waals surface area contributed by atoms with Crippen molar-refractivity contribution in [1.82, 2.24) is 5.32 Å². The van der Waals surface area contributed by atoms with Crippen LogP contribution in [0, 0.1) is 0 Å². The highest BCUT2D eigenvalue weighted by atomic mass is 32.2. The van der Waals surface area contributed by atoms with Crippen LogP contribution in [0.3, 0.4) is 0 Å². The summed E-state index contributed by atoms with van der Waals surface area (Å²) in [5.74, 6) is 0.381. The first kappa shape index (κ1) is 26.8. The molecule has 0 aromatic heterocycles. The molecule has 0 spiro atoms. The molecule has 33 heavy (non-hydrogen) atoms. The summed E-state index contributed by atoms with van der Waals surface area (Å²) in [5, 5.41) is 2.66. The van der Waals surface area contributed by atoms with Crippen LogP contribution < -0.4 is 5.32 Å². The first-order valence-corrected chi connectivity index (χ1v) is 12.3. The van der Waals surface area contributed by atoms with Crippen molar-refractivity contribution in [1.29, 1.82) is 0 Å². The second-order valence-corrected chi connectivity index (χ2v) is 11.1. The zero-order chi connectivity index (χ0) is 24.6. The predicted octanol–water partition coefficient (Wildman–Crippen LogP) is 6.28. The average molecular weight is 472 g/mol. The summed E-state index contributed by atoms with van der Waals surface area (Å²) < 4.78 is 10.5. The summed E-state index contributed by atoms with van der Waals surface area (Å²) in [5.41, 5.74) is 3.01. The number of alkyl carbamates (subject to hydrolysis) is 1. The molecule has 0 fully saturated rings. The Morgan fingerprint density at radius 3 is 2.21 bits per heavy atom. The molecule has 0 saturated carbocycles. The largest absolute Gasteiger partial charge is 0.464 e. The van der Waals surface area contributed by atoms with Crippen molar-refractivity contribution in [3.63, 3.8) is 0 Å². The van der Waals surface area contributed by atoms with Crippen molar-refractivity contribution >= 4 is 23.8 Å². The smallest absolute Gasteiger partial charge is 0.408 e. The van der Waals surface area contributed by atoms with Crippen LogP contribution in [0.25, 0.3) is 0 Å². The lowest BCUT2D eigenvalue weighted by Gasteiger charge is -2.23. The SMILES string of the molecule is CCOC(=O)[C@H](Cc1cccc(SCc2ccc(C(C)(C)C)cc2)c1)NC(=O)OC(C)(C)C. The van der Waals surface area contributed by atoms with Gasteiger partial charge in [-0.3, -0.25) is 0 Å². The molecule has 2 rings (SSSR count). The molecule has 0 heterocycles. The number of benzene rings is 2. The van der Waals surface area contributed by atoms with Crippen LogP contribution in [0.5, 0.6) is 0 Å². The lowest BCUT2D eigenvalue weighted by molar-refractivity contribution is -0.145. The van der Waals surface area contributed by atoms with E-state index in [9.17, 15) is 9.59 Å². The van der Waals surface area contributed by atoms with E-state index in [1.54, 1.807) is 39.5 Å². The number of hydrogen-bond acceptors (Lipinski definition) is 5. The van der Waals surface area contributed by atoms with Gasteiger partial charge in [0.15, 0.2) is 0 Å². The molecule has 0 aliphatic heterocycles. The Bertz CT molecular complexity index is 926. The molecule has 0 bridgehead atoms. The standard InChI is InChI=1S/C27H37NO4S/c1-8-31-24(29)23(28-25(30)32-27(5,6)7)17-20-10-9-11-22(16-20)33-18-19-12-14-21(15-13-19)26(2,3)4/h9-16,23H,8,17-18H2,1-7H3,(H,28,30)/t23-/m0/s1. The minimum atomic E-state index is -0.815. The molecule has 0 radical (unpaired) electrons. The van der Waals surface area contributed by atoms with Crippen molar-refractivity contribution in [2.45, 2.75) is 82.6 Å². The Labute approximate surface area is 202 Å². The van der Waals surface area contributed by atoms with Gasteiger partial charge in [-0.05, 0) is 61.9 Å². The Morgan fingerprint density at radius 2 is 1.64 bits per heavy atom. The number of nitrogens with one attached hydrogen (secondary N) is 1. The number of carbonyl (C=O) groups is 2. The molecule has 180 valence electrons. The van der Waals surface area contributed by atoms with E-state index in [1.165, 1.54) is 11.1 Å². The van der Waals surface area contributed by atoms with Crippen molar-refractivity contribution in [3.05, 3.63) is 65.2 Å². The molecule has 0 aliphatic carbocycles. The number of rotatable bonds is 8. The average Bonchev–Trinajstić information content (AvgIpc) is 2.70. The quantitative estimate of drug-likeness (QED) is 0.363. The van der Waals surface area contributed by atoms with Crippen LogP contribution >= 0.6 is 11.8 Å². The monoisotopic (exact) mass is 471 g/mol. The van der Waals surface area contributed by atoms with Gasteiger partial charge in [-0.1, -0.05) is 57.2 Å². The van der Waals surface area contributed by atoms with Gasteiger partial charge in [0, 0.05) is 17.1 Å². The first-order chi connectivity index (χ1) is 15.4. The predicted molar refractivity (Wildman–Crippen MR) is 135 cm³/mol. The fourth-order valence-electron chi connectivity index (χ4n) is 3.15. The maximum Gasteiger partial charge on any atom is 0.408 e. The number of ether oxygens (including phenoxy) is 2.